The summed E-state index contributed by atoms with van der Waals surface area (Å²) in [5, 5.41) is 12.3. The third-order valence-electron chi connectivity index (χ3n) is 4.00. The Morgan fingerprint density at radius 1 is 1.38 bits per heavy atom. The van der Waals surface area contributed by atoms with E-state index in [4.69, 9.17) is 0 Å². The summed E-state index contributed by atoms with van der Waals surface area (Å²) in [6.07, 6.45) is 6.42. The van der Waals surface area contributed by atoms with Gasteiger partial charge in [0.25, 0.3) is 0 Å². The van der Waals surface area contributed by atoms with Gasteiger partial charge in [0.2, 0.25) is 0 Å². The van der Waals surface area contributed by atoms with Crippen LogP contribution in [0.15, 0.2) is 0 Å². The van der Waals surface area contributed by atoms with Crippen LogP contribution in [-0.2, 0) is 13.0 Å². The van der Waals surface area contributed by atoms with Gasteiger partial charge in [0.05, 0.1) is 6.04 Å². The van der Waals surface area contributed by atoms with Crippen LogP contribution >= 0.6 is 0 Å². The lowest BCUT2D eigenvalue weighted by atomic mass is 9.83. The summed E-state index contributed by atoms with van der Waals surface area (Å²) >= 11 is 0. The predicted octanol–water partition coefficient (Wildman–Crippen LogP) is 1.68. The summed E-state index contributed by atoms with van der Waals surface area (Å²) < 4.78 is 2.35. The summed E-state index contributed by atoms with van der Waals surface area (Å²) in [6.45, 7) is 4.30. The van der Waals surface area contributed by atoms with Crippen molar-refractivity contribution in [3.63, 3.8) is 0 Å². The molecule has 4 nitrogen and oxygen atoms in total. The van der Waals surface area contributed by atoms with Gasteiger partial charge in [-0.05, 0) is 12.3 Å². The van der Waals surface area contributed by atoms with Crippen molar-refractivity contribution in [2.75, 3.05) is 6.54 Å². The second-order valence-electron chi connectivity index (χ2n) is 5.04. The molecule has 0 spiro atoms. The van der Waals surface area contributed by atoms with E-state index in [1.165, 1.54) is 25.1 Å². The summed E-state index contributed by atoms with van der Waals surface area (Å²) in [4.78, 5) is 0. The molecule has 1 aromatic heterocycles. The molecule has 1 saturated carbocycles. The Balaban J connectivity index is 1.81. The largest absolute Gasteiger partial charge is 0.312 e. The van der Waals surface area contributed by atoms with Gasteiger partial charge in [0, 0.05) is 19.5 Å². The molecule has 1 aliphatic carbocycles. The molecule has 3 rings (SSSR count). The highest BCUT2D eigenvalue weighted by atomic mass is 15.3. The minimum atomic E-state index is 0.413. The molecular formula is C12H20N4. The highest BCUT2D eigenvalue weighted by Crippen LogP contribution is 2.30. The second kappa shape index (κ2) is 4.17. The van der Waals surface area contributed by atoms with Gasteiger partial charge in [-0.2, -0.15) is 0 Å². The van der Waals surface area contributed by atoms with Crippen molar-refractivity contribution in [2.24, 2.45) is 5.92 Å². The number of rotatable bonds is 3. The highest BCUT2D eigenvalue weighted by molar-refractivity contribution is 5.05. The Bertz CT molecular complexity index is 367. The van der Waals surface area contributed by atoms with Crippen molar-refractivity contribution in [3.05, 3.63) is 11.6 Å². The lowest BCUT2D eigenvalue weighted by Crippen LogP contribution is -2.34. The van der Waals surface area contributed by atoms with Gasteiger partial charge in [0.1, 0.15) is 11.6 Å². The van der Waals surface area contributed by atoms with Crippen molar-refractivity contribution in [2.45, 2.75) is 51.6 Å². The fourth-order valence-corrected chi connectivity index (χ4v) is 2.73. The summed E-state index contributed by atoms with van der Waals surface area (Å²) in [5.74, 6) is 3.26. The smallest absolute Gasteiger partial charge is 0.150 e. The molecule has 0 radical (unpaired) electrons. The SMILES string of the molecule is CCC1NCCn2c(CC3CCC3)nnc21. The van der Waals surface area contributed by atoms with E-state index < -0.39 is 0 Å². The maximum atomic E-state index is 4.39. The fourth-order valence-electron chi connectivity index (χ4n) is 2.73. The average molecular weight is 220 g/mol. The maximum Gasteiger partial charge on any atom is 0.150 e. The monoisotopic (exact) mass is 220 g/mol. The molecule has 1 aliphatic heterocycles. The molecule has 2 aliphatic rings. The molecule has 4 heteroatoms. The lowest BCUT2D eigenvalue weighted by molar-refractivity contribution is 0.302. The van der Waals surface area contributed by atoms with E-state index >= 15 is 0 Å². The fraction of sp³-hybridized carbons (Fsp3) is 0.833. The van der Waals surface area contributed by atoms with E-state index in [2.05, 4.69) is 27.0 Å². The molecule has 16 heavy (non-hydrogen) atoms. The predicted molar refractivity (Wildman–Crippen MR) is 62.1 cm³/mol. The highest BCUT2D eigenvalue weighted by Gasteiger charge is 2.26. The van der Waals surface area contributed by atoms with Crippen LogP contribution in [0, 0.1) is 5.92 Å². The van der Waals surface area contributed by atoms with Crippen molar-refractivity contribution in [1.29, 1.82) is 0 Å². The summed E-state index contributed by atoms with van der Waals surface area (Å²) in [7, 11) is 0. The first kappa shape index (κ1) is 10.3. The van der Waals surface area contributed by atoms with Crippen molar-refractivity contribution < 1.29 is 0 Å². The van der Waals surface area contributed by atoms with Gasteiger partial charge in [-0.3, -0.25) is 0 Å². The molecule has 0 bridgehead atoms. The summed E-state index contributed by atoms with van der Waals surface area (Å²) in [6, 6.07) is 0.413. The quantitative estimate of drug-likeness (QED) is 0.842. The molecule has 1 N–H and O–H groups in total. The third kappa shape index (κ3) is 1.65. The maximum absolute atomic E-state index is 4.39. The minimum absolute atomic E-state index is 0.413. The third-order valence-corrected chi connectivity index (χ3v) is 4.00. The van der Waals surface area contributed by atoms with Crippen LogP contribution in [-0.4, -0.2) is 21.3 Å². The second-order valence-corrected chi connectivity index (χ2v) is 5.04. The van der Waals surface area contributed by atoms with Gasteiger partial charge in [-0.25, -0.2) is 0 Å². The standard InChI is InChI=1S/C12H20N4/c1-2-10-12-15-14-11(8-9-4-3-5-9)16(12)7-6-13-10/h9-10,13H,2-8H2,1H3. The van der Waals surface area contributed by atoms with E-state index in [-0.39, 0.29) is 0 Å². The van der Waals surface area contributed by atoms with E-state index in [9.17, 15) is 0 Å². The van der Waals surface area contributed by atoms with E-state index in [1.807, 2.05) is 0 Å². The van der Waals surface area contributed by atoms with Gasteiger partial charge in [-0.15, -0.1) is 10.2 Å². The normalized spacial score (nSPS) is 25.2. The topological polar surface area (TPSA) is 42.7 Å². The average Bonchev–Trinajstić information content (AvgIpc) is 2.66. The van der Waals surface area contributed by atoms with E-state index in [0.717, 1.165) is 37.7 Å². The van der Waals surface area contributed by atoms with Crippen molar-refractivity contribution in [1.82, 2.24) is 20.1 Å². The molecule has 2 heterocycles. The molecule has 1 atom stereocenters. The van der Waals surface area contributed by atoms with Gasteiger partial charge in [0.15, 0.2) is 0 Å². The van der Waals surface area contributed by atoms with Crippen LogP contribution in [0.4, 0.5) is 0 Å². The first-order valence-electron chi connectivity index (χ1n) is 6.54. The van der Waals surface area contributed by atoms with Crippen LogP contribution < -0.4 is 5.32 Å². The van der Waals surface area contributed by atoms with Crippen molar-refractivity contribution in [3.8, 4) is 0 Å². The van der Waals surface area contributed by atoms with Crippen LogP contribution in [0.2, 0.25) is 0 Å². The van der Waals surface area contributed by atoms with Crippen LogP contribution in [0.3, 0.4) is 0 Å². The zero-order chi connectivity index (χ0) is 11.0. The van der Waals surface area contributed by atoms with Crippen molar-refractivity contribution >= 4 is 0 Å². The van der Waals surface area contributed by atoms with Crippen LogP contribution in [0.25, 0.3) is 0 Å². The molecule has 88 valence electrons. The zero-order valence-corrected chi connectivity index (χ0v) is 9.95. The van der Waals surface area contributed by atoms with E-state index in [0.29, 0.717) is 6.04 Å². The zero-order valence-electron chi connectivity index (χ0n) is 9.95. The minimum Gasteiger partial charge on any atom is -0.312 e. The molecular weight excluding hydrogens is 200 g/mol. The Kier molecular flexibility index (Phi) is 2.67. The molecule has 0 amide bonds. The van der Waals surface area contributed by atoms with Gasteiger partial charge in [-0.1, -0.05) is 26.2 Å². The Morgan fingerprint density at radius 3 is 2.94 bits per heavy atom. The Morgan fingerprint density at radius 2 is 2.25 bits per heavy atom. The van der Waals surface area contributed by atoms with Crippen LogP contribution in [0.1, 0.15) is 50.3 Å². The Hall–Kier alpha value is -0.900. The molecule has 0 saturated heterocycles. The molecule has 0 aromatic carbocycles. The first-order chi connectivity index (χ1) is 7.88. The molecule has 1 unspecified atom stereocenters. The van der Waals surface area contributed by atoms with Gasteiger partial charge < -0.3 is 9.88 Å². The van der Waals surface area contributed by atoms with Gasteiger partial charge >= 0.3 is 0 Å². The van der Waals surface area contributed by atoms with Crippen LogP contribution in [0.5, 0.6) is 0 Å². The number of hydrogen-bond donors (Lipinski definition) is 1. The molecule has 1 fully saturated rings. The lowest BCUT2D eigenvalue weighted by Gasteiger charge is -2.27. The number of hydrogen-bond acceptors (Lipinski definition) is 3. The number of aromatic nitrogens is 3. The number of nitrogens with one attached hydrogen (secondary N) is 1. The number of nitrogens with zero attached hydrogens (tertiary/aromatic N) is 3. The number of fused-ring (bicyclic) bond motifs is 1. The van der Waals surface area contributed by atoms with E-state index in [1.54, 1.807) is 0 Å². The summed E-state index contributed by atoms with van der Waals surface area (Å²) in [5.41, 5.74) is 0. The molecule has 1 aromatic rings. The first-order valence-corrected chi connectivity index (χ1v) is 6.54. The Labute approximate surface area is 96.4 Å².